The summed E-state index contributed by atoms with van der Waals surface area (Å²) in [6.07, 6.45) is 2.28. The molecule has 2 aliphatic rings. The number of amides is 1. The van der Waals surface area contributed by atoms with E-state index in [0.717, 1.165) is 13.0 Å². The van der Waals surface area contributed by atoms with Crippen LogP contribution < -0.4 is 5.32 Å². The molecule has 2 heteroatoms. The number of carbonyl (C=O) groups excluding carboxylic acids is 1. The molecular formula is C10H17NO. The lowest BCUT2D eigenvalue weighted by Crippen LogP contribution is -2.53. The maximum Gasteiger partial charge on any atom is 0.223 e. The van der Waals surface area contributed by atoms with Crippen LogP contribution in [0.15, 0.2) is 0 Å². The van der Waals surface area contributed by atoms with Crippen LogP contribution in [0.4, 0.5) is 0 Å². The number of piperidine rings is 1. The van der Waals surface area contributed by atoms with Gasteiger partial charge in [-0.1, -0.05) is 20.8 Å². The van der Waals surface area contributed by atoms with Crippen LogP contribution in [0, 0.1) is 16.7 Å². The molecule has 0 aromatic carbocycles. The van der Waals surface area contributed by atoms with Crippen molar-refractivity contribution in [1.29, 1.82) is 0 Å². The maximum absolute atomic E-state index is 11.5. The van der Waals surface area contributed by atoms with Gasteiger partial charge >= 0.3 is 0 Å². The van der Waals surface area contributed by atoms with Crippen molar-refractivity contribution in [2.24, 2.45) is 16.7 Å². The quantitative estimate of drug-likeness (QED) is 0.583. The van der Waals surface area contributed by atoms with Crippen LogP contribution in [0.3, 0.4) is 0 Å². The van der Waals surface area contributed by atoms with Crippen molar-refractivity contribution in [2.45, 2.75) is 33.6 Å². The van der Waals surface area contributed by atoms with Crippen molar-refractivity contribution in [3.05, 3.63) is 0 Å². The van der Waals surface area contributed by atoms with Gasteiger partial charge in [-0.25, -0.2) is 0 Å². The second kappa shape index (κ2) is 2.04. The zero-order valence-corrected chi connectivity index (χ0v) is 8.11. The fourth-order valence-electron chi connectivity index (χ4n) is 2.75. The molecule has 1 saturated carbocycles. The Hall–Kier alpha value is -0.530. The van der Waals surface area contributed by atoms with Gasteiger partial charge in [0.05, 0.1) is 0 Å². The minimum absolute atomic E-state index is 0.204. The summed E-state index contributed by atoms with van der Waals surface area (Å²) in [6.45, 7) is 7.65. The number of carbonyl (C=O) groups is 1. The average molecular weight is 167 g/mol. The van der Waals surface area contributed by atoms with E-state index in [0.29, 0.717) is 5.41 Å². The first-order valence-electron chi connectivity index (χ1n) is 4.75. The van der Waals surface area contributed by atoms with Crippen LogP contribution >= 0.6 is 0 Å². The Morgan fingerprint density at radius 2 is 2.08 bits per heavy atom. The van der Waals surface area contributed by atoms with E-state index in [2.05, 4.69) is 26.1 Å². The first-order chi connectivity index (χ1) is 5.47. The number of fused-ring (bicyclic) bond motifs is 2. The molecule has 0 aromatic heterocycles. The van der Waals surface area contributed by atoms with E-state index in [1.165, 1.54) is 6.42 Å². The molecule has 2 fully saturated rings. The summed E-state index contributed by atoms with van der Waals surface area (Å²) in [5, 5.41) is 3.00. The van der Waals surface area contributed by atoms with E-state index < -0.39 is 0 Å². The van der Waals surface area contributed by atoms with E-state index >= 15 is 0 Å². The molecule has 1 N–H and O–H groups in total. The van der Waals surface area contributed by atoms with E-state index in [-0.39, 0.29) is 17.2 Å². The fourth-order valence-corrected chi connectivity index (χ4v) is 2.75. The van der Waals surface area contributed by atoms with Crippen LogP contribution in [0.2, 0.25) is 0 Å². The highest BCUT2D eigenvalue weighted by molar-refractivity contribution is 5.81. The third kappa shape index (κ3) is 0.732. The van der Waals surface area contributed by atoms with Crippen LogP contribution in [-0.4, -0.2) is 12.5 Å². The van der Waals surface area contributed by atoms with Gasteiger partial charge in [0, 0.05) is 12.5 Å². The van der Waals surface area contributed by atoms with Gasteiger partial charge in [0.15, 0.2) is 0 Å². The van der Waals surface area contributed by atoms with E-state index in [9.17, 15) is 4.79 Å². The molecule has 2 atom stereocenters. The van der Waals surface area contributed by atoms with Crippen LogP contribution in [0.25, 0.3) is 0 Å². The van der Waals surface area contributed by atoms with Gasteiger partial charge < -0.3 is 5.32 Å². The van der Waals surface area contributed by atoms with Gasteiger partial charge in [0.25, 0.3) is 0 Å². The molecule has 1 aliphatic carbocycles. The predicted octanol–water partition coefficient (Wildman–Crippen LogP) is 1.56. The van der Waals surface area contributed by atoms with Crippen molar-refractivity contribution in [2.75, 3.05) is 6.54 Å². The molecule has 2 nitrogen and oxygen atoms in total. The number of hydrogen-bond acceptors (Lipinski definition) is 1. The summed E-state index contributed by atoms with van der Waals surface area (Å²) in [4.78, 5) is 11.5. The standard InChI is InChI=1S/C10H17NO/c1-9(2)7-4-5-10(9,3)6-11-8(7)12/h7H,4-6H2,1-3H3,(H,11,12). The van der Waals surface area contributed by atoms with Gasteiger partial charge in [0.2, 0.25) is 5.91 Å². The molecule has 1 amide bonds. The van der Waals surface area contributed by atoms with Gasteiger partial charge in [-0.2, -0.15) is 0 Å². The first-order valence-corrected chi connectivity index (χ1v) is 4.75. The van der Waals surface area contributed by atoms with E-state index in [1.54, 1.807) is 0 Å². The molecule has 0 radical (unpaired) electrons. The summed E-state index contributed by atoms with van der Waals surface area (Å²) < 4.78 is 0. The molecule has 0 aromatic rings. The fraction of sp³-hybridized carbons (Fsp3) is 0.900. The van der Waals surface area contributed by atoms with Crippen molar-refractivity contribution in [1.82, 2.24) is 5.32 Å². The monoisotopic (exact) mass is 167 g/mol. The van der Waals surface area contributed by atoms with Crippen molar-refractivity contribution < 1.29 is 4.79 Å². The van der Waals surface area contributed by atoms with Crippen molar-refractivity contribution in [3.8, 4) is 0 Å². The van der Waals surface area contributed by atoms with Gasteiger partial charge in [-0.15, -0.1) is 0 Å². The third-order valence-electron chi connectivity index (χ3n) is 4.38. The summed E-state index contributed by atoms with van der Waals surface area (Å²) in [6, 6.07) is 0. The summed E-state index contributed by atoms with van der Waals surface area (Å²) in [7, 11) is 0. The third-order valence-corrected chi connectivity index (χ3v) is 4.38. The lowest BCUT2D eigenvalue weighted by molar-refractivity contribution is -0.133. The number of nitrogens with one attached hydrogen (secondary N) is 1. The lowest BCUT2D eigenvalue weighted by Gasteiger charge is -2.45. The summed E-state index contributed by atoms with van der Waals surface area (Å²) >= 11 is 0. The zero-order valence-electron chi connectivity index (χ0n) is 8.11. The molecule has 1 heterocycles. The van der Waals surface area contributed by atoms with Crippen LogP contribution in [0.5, 0.6) is 0 Å². The molecule has 2 rings (SSSR count). The largest absolute Gasteiger partial charge is 0.355 e. The Morgan fingerprint density at radius 3 is 2.67 bits per heavy atom. The Kier molecular flexibility index (Phi) is 1.37. The molecule has 0 spiro atoms. The number of rotatable bonds is 0. The molecule has 1 aliphatic heterocycles. The highest BCUT2D eigenvalue weighted by Gasteiger charge is 2.56. The van der Waals surface area contributed by atoms with E-state index in [1.807, 2.05) is 0 Å². The topological polar surface area (TPSA) is 29.1 Å². The normalized spacial score (nSPS) is 44.2. The van der Waals surface area contributed by atoms with Crippen molar-refractivity contribution >= 4 is 5.91 Å². The second-order valence-corrected chi connectivity index (χ2v) is 5.09. The predicted molar refractivity (Wildman–Crippen MR) is 47.6 cm³/mol. The zero-order chi connectivity index (χ0) is 8.98. The Labute approximate surface area is 73.7 Å². The van der Waals surface area contributed by atoms with Crippen molar-refractivity contribution in [3.63, 3.8) is 0 Å². The molecular weight excluding hydrogens is 150 g/mol. The molecule has 12 heavy (non-hydrogen) atoms. The van der Waals surface area contributed by atoms with Crippen LogP contribution in [-0.2, 0) is 4.79 Å². The molecule has 1 saturated heterocycles. The molecule has 2 bridgehead atoms. The van der Waals surface area contributed by atoms with Gasteiger partial charge in [-0.3, -0.25) is 4.79 Å². The Balaban J connectivity index is 2.40. The SMILES string of the molecule is CC12CCC(C(=O)NC1)C2(C)C. The number of hydrogen-bond donors (Lipinski definition) is 1. The molecule has 68 valence electrons. The van der Waals surface area contributed by atoms with Gasteiger partial charge in [0.1, 0.15) is 0 Å². The summed E-state index contributed by atoms with van der Waals surface area (Å²) in [5.41, 5.74) is 0.543. The Morgan fingerprint density at radius 1 is 1.42 bits per heavy atom. The highest BCUT2D eigenvalue weighted by Crippen LogP contribution is 2.57. The average Bonchev–Trinajstić information content (AvgIpc) is 2.16. The summed E-state index contributed by atoms with van der Waals surface area (Å²) in [5.74, 6) is 0.534. The maximum atomic E-state index is 11.5. The molecule has 2 unspecified atom stereocenters. The van der Waals surface area contributed by atoms with Gasteiger partial charge in [-0.05, 0) is 23.7 Å². The lowest BCUT2D eigenvalue weighted by atomic mass is 9.63. The smallest absolute Gasteiger partial charge is 0.223 e. The van der Waals surface area contributed by atoms with E-state index in [4.69, 9.17) is 0 Å². The second-order valence-electron chi connectivity index (χ2n) is 5.09. The first kappa shape index (κ1) is 8.09. The Bertz CT molecular complexity index is 234. The minimum Gasteiger partial charge on any atom is -0.355 e. The van der Waals surface area contributed by atoms with Crippen LogP contribution in [0.1, 0.15) is 33.6 Å². The highest BCUT2D eigenvalue weighted by atomic mass is 16.2. The minimum atomic E-state index is 0.204.